The van der Waals surface area contributed by atoms with Crippen molar-refractivity contribution in [3.8, 4) is 0 Å². The van der Waals surface area contributed by atoms with Crippen LogP contribution in [0.1, 0.15) is 12.5 Å². The van der Waals surface area contributed by atoms with E-state index in [2.05, 4.69) is 4.18 Å². The van der Waals surface area contributed by atoms with E-state index in [4.69, 9.17) is 4.55 Å². The zero-order valence-corrected chi connectivity index (χ0v) is 8.23. The Bertz CT molecular complexity index is 395. The van der Waals surface area contributed by atoms with Gasteiger partial charge in [-0.05, 0) is 6.92 Å². The molecule has 0 bridgehead atoms. The molecule has 0 saturated heterocycles. The topological polar surface area (TPSA) is 83.8 Å². The van der Waals surface area contributed by atoms with Crippen LogP contribution in [0.25, 0.3) is 0 Å². The molecule has 14 heavy (non-hydrogen) atoms. The normalized spacial score (nSPS) is 16.2. The Morgan fingerprint density at radius 2 is 1.79 bits per heavy atom. The molecule has 0 fully saturated rings. The highest BCUT2D eigenvalue weighted by Crippen LogP contribution is 2.23. The Hall–Kier alpha value is -0.950. The molecule has 1 aromatic carbocycles. The Kier molecular flexibility index (Phi) is 2.91. The predicted molar refractivity (Wildman–Crippen MR) is 48.6 cm³/mol. The zero-order chi connectivity index (χ0) is 10.8. The summed E-state index contributed by atoms with van der Waals surface area (Å²) < 4.78 is 33.3. The van der Waals surface area contributed by atoms with Crippen molar-refractivity contribution < 1.29 is 22.3 Å². The van der Waals surface area contributed by atoms with Gasteiger partial charge in [0, 0.05) is 5.56 Å². The van der Waals surface area contributed by atoms with E-state index in [1.165, 1.54) is 12.1 Å². The van der Waals surface area contributed by atoms with Crippen LogP contribution in [0.5, 0.6) is 0 Å². The quantitative estimate of drug-likeness (QED) is 0.575. The van der Waals surface area contributed by atoms with Crippen LogP contribution in [-0.4, -0.2) is 18.1 Å². The summed E-state index contributed by atoms with van der Waals surface area (Å²) in [5, 5.41) is 9.56. The first kappa shape index (κ1) is 11.1. The van der Waals surface area contributed by atoms with Gasteiger partial charge < -0.3 is 5.11 Å². The lowest BCUT2D eigenvalue weighted by Crippen LogP contribution is -2.28. The fourth-order valence-electron chi connectivity index (χ4n) is 1.00. The molecule has 0 aliphatic heterocycles. The van der Waals surface area contributed by atoms with Gasteiger partial charge in [-0.1, -0.05) is 30.3 Å². The molecule has 2 N–H and O–H groups in total. The lowest BCUT2D eigenvalue weighted by Gasteiger charge is -2.21. The summed E-state index contributed by atoms with van der Waals surface area (Å²) in [5.41, 5.74) is 0.234. The van der Waals surface area contributed by atoms with E-state index in [-0.39, 0.29) is 5.56 Å². The average molecular weight is 218 g/mol. The van der Waals surface area contributed by atoms with Crippen LogP contribution < -0.4 is 0 Å². The first-order valence-electron chi connectivity index (χ1n) is 3.77. The van der Waals surface area contributed by atoms with Crippen LogP contribution in [-0.2, 0) is 20.4 Å². The molecule has 0 aliphatic carbocycles. The molecule has 0 spiro atoms. The molecule has 1 aromatic rings. The van der Waals surface area contributed by atoms with Crippen molar-refractivity contribution >= 4 is 10.4 Å². The highest BCUT2D eigenvalue weighted by atomic mass is 32.3. The lowest BCUT2D eigenvalue weighted by atomic mass is 10.1. The third-order valence-electron chi connectivity index (χ3n) is 1.58. The van der Waals surface area contributed by atoms with Gasteiger partial charge in [-0.2, -0.15) is 8.42 Å². The van der Waals surface area contributed by atoms with Crippen molar-refractivity contribution in [2.45, 2.75) is 12.7 Å². The van der Waals surface area contributed by atoms with Gasteiger partial charge in [0.2, 0.25) is 5.79 Å². The van der Waals surface area contributed by atoms with Crippen LogP contribution in [0.15, 0.2) is 30.3 Å². The maximum absolute atomic E-state index is 10.4. The second kappa shape index (κ2) is 3.66. The summed E-state index contributed by atoms with van der Waals surface area (Å²) in [6.45, 7) is 1.12. The van der Waals surface area contributed by atoms with Gasteiger partial charge in [-0.3, -0.25) is 4.55 Å². The largest absolute Gasteiger partial charge is 0.400 e. The molecule has 0 aromatic heterocycles. The summed E-state index contributed by atoms with van der Waals surface area (Å²) in [6.07, 6.45) is 0. The Morgan fingerprint density at radius 1 is 1.29 bits per heavy atom. The van der Waals surface area contributed by atoms with Gasteiger partial charge in [0.05, 0.1) is 0 Å². The molecule has 1 unspecified atom stereocenters. The number of hydrogen-bond donors (Lipinski definition) is 2. The predicted octanol–water partition coefficient (Wildman–Crippen LogP) is 0.671. The first-order chi connectivity index (χ1) is 6.31. The Morgan fingerprint density at radius 3 is 2.21 bits per heavy atom. The fourth-order valence-corrected chi connectivity index (χ4v) is 1.51. The summed E-state index contributed by atoms with van der Waals surface area (Å²) in [7, 11) is -4.68. The number of benzene rings is 1. The molecule has 0 heterocycles. The van der Waals surface area contributed by atoms with Crippen LogP contribution in [0.2, 0.25) is 0 Å². The average Bonchev–Trinajstić information content (AvgIpc) is 2.01. The third kappa shape index (κ3) is 3.08. The van der Waals surface area contributed by atoms with Gasteiger partial charge >= 0.3 is 10.4 Å². The number of aliphatic hydroxyl groups is 1. The van der Waals surface area contributed by atoms with Crippen LogP contribution in [0, 0.1) is 0 Å². The monoisotopic (exact) mass is 218 g/mol. The molecule has 0 saturated carbocycles. The van der Waals surface area contributed by atoms with E-state index in [0.29, 0.717) is 0 Å². The SMILES string of the molecule is CC(O)(OS(=O)(=O)O)c1ccccc1. The van der Waals surface area contributed by atoms with Crippen LogP contribution in [0.4, 0.5) is 0 Å². The maximum Gasteiger partial charge on any atom is 0.400 e. The minimum Gasteiger partial charge on any atom is -0.361 e. The van der Waals surface area contributed by atoms with E-state index >= 15 is 0 Å². The minimum atomic E-state index is -4.68. The van der Waals surface area contributed by atoms with Crippen LogP contribution >= 0.6 is 0 Å². The van der Waals surface area contributed by atoms with Crippen molar-refractivity contribution in [2.24, 2.45) is 0 Å². The summed E-state index contributed by atoms with van der Waals surface area (Å²) in [5.74, 6) is -2.06. The van der Waals surface area contributed by atoms with Gasteiger partial charge in [-0.25, -0.2) is 4.18 Å². The van der Waals surface area contributed by atoms with Crippen molar-refractivity contribution in [3.63, 3.8) is 0 Å². The smallest absolute Gasteiger partial charge is 0.361 e. The standard InChI is InChI=1S/C8H10O5S/c1-8(9,13-14(10,11)12)7-5-3-2-4-6-7/h2-6,9H,1H3,(H,10,11,12). The molecule has 5 nitrogen and oxygen atoms in total. The van der Waals surface area contributed by atoms with Crippen molar-refractivity contribution in [1.82, 2.24) is 0 Å². The van der Waals surface area contributed by atoms with E-state index in [1.807, 2.05) is 0 Å². The van der Waals surface area contributed by atoms with Gasteiger partial charge in [0.1, 0.15) is 0 Å². The second-order valence-corrected chi connectivity index (χ2v) is 3.88. The summed E-state index contributed by atoms with van der Waals surface area (Å²) in [6, 6.07) is 7.87. The molecule has 0 radical (unpaired) electrons. The molecular formula is C8H10O5S. The summed E-state index contributed by atoms with van der Waals surface area (Å²) >= 11 is 0. The maximum atomic E-state index is 10.4. The molecule has 6 heteroatoms. The molecule has 1 atom stereocenters. The molecular weight excluding hydrogens is 208 g/mol. The van der Waals surface area contributed by atoms with E-state index < -0.39 is 16.2 Å². The van der Waals surface area contributed by atoms with Gasteiger partial charge in [-0.15, -0.1) is 0 Å². The number of hydrogen-bond acceptors (Lipinski definition) is 4. The van der Waals surface area contributed by atoms with E-state index in [9.17, 15) is 13.5 Å². The molecule has 1 rings (SSSR count). The van der Waals surface area contributed by atoms with E-state index in [1.54, 1.807) is 18.2 Å². The van der Waals surface area contributed by atoms with Crippen molar-refractivity contribution in [1.29, 1.82) is 0 Å². The Balaban J connectivity index is 2.97. The summed E-state index contributed by atoms with van der Waals surface area (Å²) in [4.78, 5) is 0. The van der Waals surface area contributed by atoms with Crippen LogP contribution in [0.3, 0.4) is 0 Å². The number of rotatable bonds is 3. The molecule has 0 aliphatic rings. The van der Waals surface area contributed by atoms with E-state index in [0.717, 1.165) is 6.92 Å². The van der Waals surface area contributed by atoms with Gasteiger partial charge in [0.15, 0.2) is 0 Å². The fraction of sp³-hybridized carbons (Fsp3) is 0.250. The second-order valence-electron chi connectivity index (χ2n) is 2.86. The molecule has 0 amide bonds. The Labute approximate surface area is 81.9 Å². The van der Waals surface area contributed by atoms with Gasteiger partial charge in [0.25, 0.3) is 0 Å². The van der Waals surface area contributed by atoms with Crippen molar-refractivity contribution in [2.75, 3.05) is 0 Å². The zero-order valence-electron chi connectivity index (χ0n) is 7.41. The van der Waals surface area contributed by atoms with Crippen molar-refractivity contribution in [3.05, 3.63) is 35.9 Å². The highest BCUT2D eigenvalue weighted by Gasteiger charge is 2.29. The molecule has 78 valence electrons. The minimum absolute atomic E-state index is 0.234. The highest BCUT2D eigenvalue weighted by molar-refractivity contribution is 7.80. The lowest BCUT2D eigenvalue weighted by molar-refractivity contribution is -0.130. The first-order valence-corrected chi connectivity index (χ1v) is 5.14. The third-order valence-corrected chi connectivity index (χ3v) is 2.11.